The first-order valence-corrected chi connectivity index (χ1v) is 6.50. The average molecular weight is 270 g/mol. The lowest BCUT2D eigenvalue weighted by Gasteiger charge is -2.06. The van der Waals surface area contributed by atoms with Crippen LogP contribution in [0.5, 0.6) is 5.88 Å². The highest BCUT2D eigenvalue weighted by Crippen LogP contribution is 2.14. The van der Waals surface area contributed by atoms with Crippen molar-refractivity contribution in [1.82, 2.24) is 9.97 Å². The molecular weight excluding hydrogens is 252 g/mol. The highest BCUT2D eigenvalue weighted by atomic mass is 16.5. The molecule has 104 valence electrons. The van der Waals surface area contributed by atoms with Crippen LogP contribution in [0.4, 0.5) is 11.8 Å². The molecule has 3 N–H and O–H groups in total. The van der Waals surface area contributed by atoms with Crippen LogP contribution in [0.2, 0.25) is 0 Å². The Morgan fingerprint density at radius 1 is 1.25 bits per heavy atom. The third-order valence-corrected chi connectivity index (χ3v) is 2.52. The normalized spacial score (nSPS) is 10.7. The van der Waals surface area contributed by atoms with Gasteiger partial charge in [-0.05, 0) is 18.6 Å². The van der Waals surface area contributed by atoms with E-state index in [9.17, 15) is 0 Å². The lowest BCUT2D eigenvalue weighted by molar-refractivity contribution is 0.349. The number of hydrogen-bond donors (Lipinski definition) is 2. The van der Waals surface area contributed by atoms with E-state index in [2.05, 4.69) is 15.3 Å². The maximum atomic E-state index is 5.62. The summed E-state index contributed by atoms with van der Waals surface area (Å²) in [6.45, 7) is 3.18. The summed E-state index contributed by atoms with van der Waals surface area (Å²) in [5.41, 5.74) is 6.76. The van der Waals surface area contributed by atoms with Crippen molar-refractivity contribution in [3.05, 3.63) is 48.0 Å². The van der Waals surface area contributed by atoms with E-state index in [1.54, 1.807) is 6.07 Å². The Kier molecular flexibility index (Phi) is 4.94. The van der Waals surface area contributed by atoms with Gasteiger partial charge >= 0.3 is 0 Å². The van der Waals surface area contributed by atoms with Gasteiger partial charge in [-0.2, -0.15) is 9.97 Å². The van der Waals surface area contributed by atoms with Crippen molar-refractivity contribution >= 4 is 17.8 Å². The monoisotopic (exact) mass is 270 g/mol. The number of nitrogens with one attached hydrogen (secondary N) is 1. The predicted molar refractivity (Wildman–Crippen MR) is 81.6 cm³/mol. The van der Waals surface area contributed by atoms with E-state index in [-0.39, 0.29) is 5.95 Å². The van der Waals surface area contributed by atoms with Gasteiger partial charge in [-0.15, -0.1) is 0 Å². The molecule has 1 heterocycles. The maximum Gasteiger partial charge on any atom is 0.225 e. The zero-order valence-electron chi connectivity index (χ0n) is 11.4. The molecule has 0 atom stereocenters. The van der Waals surface area contributed by atoms with Gasteiger partial charge in [0.2, 0.25) is 11.8 Å². The van der Waals surface area contributed by atoms with E-state index in [0.717, 1.165) is 12.1 Å². The van der Waals surface area contributed by atoms with E-state index in [4.69, 9.17) is 10.5 Å². The number of rotatable bonds is 6. The fraction of sp³-hybridized carbons (Fsp3) is 0.200. The molecule has 0 saturated heterocycles. The third kappa shape index (κ3) is 4.28. The Morgan fingerprint density at radius 2 is 2.05 bits per heavy atom. The number of hydrogen-bond acceptors (Lipinski definition) is 5. The molecule has 0 bridgehead atoms. The number of nitrogen functional groups attached to an aromatic ring is 1. The van der Waals surface area contributed by atoms with Crippen molar-refractivity contribution in [3.63, 3.8) is 0 Å². The second-order valence-corrected chi connectivity index (χ2v) is 4.10. The Bertz CT molecular complexity index is 569. The number of nitrogens with two attached hydrogens (primary N) is 1. The van der Waals surface area contributed by atoms with Gasteiger partial charge in [0.1, 0.15) is 12.4 Å². The molecule has 2 rings (SSSR count). The highest BCUT2D eigenvalue weighted by Gasteiger charge is 2.01. The molecule has 0 fully saturated rings. The summed E-state index contributed by atoms with van der Waals surface area (Å²) in [5, 5.41) is 3.08. The first-order chi connectivity index (χ1) is 9.78. The van der Waals surface area contributed by atoms with Crippen LogP contribution in [0.3, 0.4) is 0 Å². The molecule has 20 heavy (non-hydrogen) atoms. The molecule has 0 saturated carbocycles. The molecular formula is C15H18N4O. The fourth-order valence-corrected chi connectivity index (χ4v) is 1.67. The SMILES string of the molecule is CCNc1cc(OC/C=C/c2ccccc2)nc(N)n1. The molecule has 5 heteroatoms. The van der Waals surface area contributed by atoms with Gasteiger partial charge in [-0.3, -0.25) is 0 Å². The quantitative estimate of drug-likeness (QED) is 0.844. The van der Waals surface area contributed by atoms with Gasteiger partial charge in [0.05, 0.1) is 0 Å². The molecule has 5 nitrogen and oxygen atoms in total. The van der Waals surface area contributed by atoms with Crippen LogP contribution in [0, 0.1) is 0 Å². The van der Waals surface area contributed by atoms with Crippen LogP contribution < -0.4 is 15.8 Å². The average Bonchev–Trinajstić information content (AvgIpc) is 2.45. The van der Waals surface area contributed by atoms with Crippen LogP contribution in [-0.2, 0) is 0 Å². The first kappa shape index (κ1) is 13.9. The van der Waals surface area contributed by atoms with Crippen molar-refractivity contribution < 1.29 is 4.74 Å². The maximum absolute atomic E-state index is 5.62. The van der Waals surface area contributed by atoms with Gasteiger partial charge < -0.3 is 15.8 Å². The summed E-state index contributed by atoms with van der Waals surface area (Å²) in [4.78, 5) is 8.09. The smallest absolute Gasteiger partial charge is 0.225 e. The van der Waals surface area contributed by atoms with Crippen LogP contribution in [0.25, 0.3) is 6.08 Å². The predicted octanol–water partition coefficient (Wildman–Crippen LogP) is 2.58. The van der Waals surface area contributed by atoms with Crippen molar-refractivity contribution in [3.8, 4) is 5.88 Å². The van der Waals surface area contributed by atoms with Gasteiger partial charge in [0.15, 0.2) is 0 Å². The second kappa shape index (κ2) is 7.13. The third-order valence-electron chi connectivity index (χ3n) is 2.52. The van der Waals surface area contributed by atoms with Crippen molar-refractivity contribution in [2.24, 2.45) is 0 Å². The zero-order chi connectivity index (χ0) is 14.2. The minimum atomic E-state index is 0.200. The zero-order valence-corrected chi connectivity index (χ0v) is 11.4. The first-order valence-electron chi connectivity index (χ1n) is 6.50. The minimum absolute atomic E-state index is 0.200. The number of aromatic nitrogens is 2. The van der Waals surface area contributed by atoms with E-state index in [1.807, 2.05) is 49.4 Å². The summed E-state index contributed by atoms with van der Waals surface area (Å²) in [5.74, 6) is 1.33. The van der Waals surface area contributed by atoms with Crippen molar-refractivity contribution in [1.29, 1.82) is 0 Å². The summed E-state index contributed by atoms with van der Waals surface area (Å²) >= 11 is 0. The van der Waals surface area contributed by atoms with Crippen LogP contribution in [0.15, 0.2) is 42.5 Å². The molecule has 1 aromatic carbocycles. The molecule has 0 aliphatic carbocycles. The Morgan fingerprint density at radius 3 is 2.80 bits per heavy atom. The molecule has 0 amide bonds. The number of nitrogens with zero attached hydrogens (tertiary/aromatic N) is 2. The van der Waals surface area contributed by atoms with Crippen LogP contribution in [0.1, 0.15) is 12.5 Å². The van der Waals surface area contributed by atoms with Crippen molar-refractivity contribution in [2.45, 2.75) is 6.92 Å². The number of benzene rings is 1. The summed E-state index contributed by atoms with van der Waals surface area (Å²) in [6.07, 6.45) is 3.93. The lowest BCUT2D eigenvalue weighted by atomic mass is 10.2. The van der Waals surface area contributed by atoms with Gasteiger partial charge in [-0.1, -0.05) is 36.4 Å². The van der Waals surface area contributed by atoms with Crippen molar-refractivity contribution in [2.75, 3.05) is 24.2 Å². The largest absolute Gasteiger partial charge is 0.473 e. The topological polar surface area (TPSA) is 73.1 Å². The summed E-state index contributed by atoms with van der Waals surface area (Å²) < 4.78 is 5.54. The van der Waals surface area contributed by atoms with Gasteiger partial charge in [-0.25, -0.2) is 0 Å². The highest BCUT2D eigenvalue weighted by molar-refractivity contribution is 5.48. The minimum Gasteiger partial charge on any atom is -0.473 e. The van der Waals surface area contributed by atoms with E-state index in [0.29, 0.717) is 18.3 Å². The molecule has 1 aromatic heterocycles. The van der Waals surface area contributed by atoms with Gasteiger partial charge in [0.25, 0.3) is 0 Å². The fourth-order valence-electron chi connectivity index (χ4n) is 1.67. The molecule has 0 radical (unpaired) electrons. The molecule has 0 spiro atoms. The number of anilines is 2. The molecule has 2 aromatic rings. The molecule has 0 unspecified atom stereocenters. The molecule has 0 aliphatic heterocycles. The summed E-state index contributed by atoms with van der Waals surface area (Å²) in [6, 6.07) is 11.8. The number of ether oxygens (including phenoxy) is 1. The van der Waals surface area contributed by atoms with E-state index >= 15 is 0 Å². The summed E-state index contributed by atoms with van der Waals surface area (Å²) in [7, 11) is 0. The van der Waals surface area contributed by atoms with E-state index in [1.165, 1.54) is 0 Å². The Balaban J connectivity index is 1.92. The van der Waals surface area contributed by atoms with Crippen LogP contribution in [-0.4, -0.2) is 23.1 Å². The standard InChI is InChI=1S/C15H18N4O/c1-2-17-13-11-14(19-15(16)18-13)20-10-6-9-12-7-4-3-5-8-12/h3-9,11H,2,10H2,1H3,(H3,16,17,18,19)/b9-6+. The van der Waals surface area contributed by atoms with Crippen LogP contribution >= 0.6 is 0 Å². The lowest BCUT2D eigenvalue weighted by Crippen LogP contribution is -2.05. The molecule has 0 aliphatic rings. The van der Waals surface area contributed by atoms with Gasteiger partial charge in [0, 0.05) is 12.6 Å². The second-order valence-electron chi connectivity index (χ2n) is 4.10. The van der Waals surface area contributed by atoms with E-state index < -0.39 is 0 Å². The Hall–Kier alpha value is -2.56. The Labute approximate surface area is 118 Å².